The van der Waals surface area contributed by atoms with Crippen molar-refractivity contribution in [3.8, 4) is 0 Å². The maximum Gasteiger partial charge on any atom is 0.277 e. The third-order valence-electron chi connectivity index (χ3n) is 3.50. The number of aromatic nitrogens is 3. The van der Waals surface area contributed by atoms with Crippen molar-refractivity contribution in [1.29, 1.82) is 0 Å². The number of halogens is 3. The van der Waals surface area contributed by atoms with Gasteiger partial charge < -0.3 is 5.32 Å². The average Bonchev–Trinajstić information content (AvgIpc) is 3.10. The number of benzene rings is 1. The van der Waals surface area contributed by atoms with Gasteiger partial charge >= 0.3 is 0 Å². The molecular weight excluding hydrogens is 436 g/mol. The highest BCUT2D eigenvalue weighted by Gasteiger charge is 2.22. The highest BCUT2D eigenvalue weighted by molar-refractivity contribution is 7.92. The minimum atomic E-state index is -3.96. The SMILES string of the molecule is O=C(Nc1c(Cl)ccc(NS(=O)(=O)CCCF)c1F)c1nsc2cncnc12. The van der Waals surface area contributed by atoms with Crippen LogP contribution in [0.1, 0.15) is 16.9 Å². The first-order chi connectivity index (χ1) is 13.3. The van der Waals surface area contributed by atoms with Crippen molar-refractivity contribution in [2.75, 3.05) is 22.5 Å². The molecular formula is C15H12ClF2N5O3S2. The summed E-state index contributed by atoms with van der Waals surface area (Å²) in [6.45, 7) is -0.823. The fraction of sp³-hybridized carbons (Fsp3) is 0.200. The Bertz CT molecular complexity index is 1140. The second kappa shape index (κ2) is 8.29. The molecule has 2 aromatic heterocycles. The van der Waals surface area contributed by atoms with Crippen molar-refractivity contribution in [3.05, 3.63) is 41.2 Å². The molecule has 2 heterocycles. The summed E-state index contributed by atoms with van der Waals surface area (Å²) in [5.74, 6) is -2.38. The summed E-state index contributed by atoms with van der Waals surface area (Å²) in [5, 5.41) is 2.14. The lowest BCUT2D eigenvalue weighted by Gasteiger charge is -2.13. The Morgan fingerprint density at radius 3 is 2.86 bits per heavy atom. The number of amides is 1. The Labute approximate surface area is 167 Å². The van der Waals surface area contributed by atoms with Crippen LogP contribution < -0.4 is 10.0 Å². The van der Waals surface area contributed by atoms with Gasteiger partial charge in [0, 0.05) is 6.20 Å². The molecule has 1 aromatic carbocycles. The van der Waals surface area contributed by atoms with Gasteiger partial charge in [-0.2, -0.15) is 4.37 Å². The number of hydrogen-bond donors (Lipinski definition) is 2. The molecule has 0 aliphatic heterocycles. The first-order valence-electron chi connectivity index (χ1n) is 7.73. The van der Waals surface area contributed by atoms with Crippen LogP contribution in [0.2, 0.25) is 5.02 Å². The van der Waals surface area contributed by atoms with Gasteiger partial charge in [-0.1, -0.05) is 11.6 Å². The molecule has 8 nitrogen and oxygen atoms in total. The lowest BCUT2D eigenvalue weighted by Crippen LogP contribution is -2.19. The zero-order valence-electron chi connectivity index (χ0n) is 13.9. The van der Waals surface area contributed by atoms with Crippen LogP contribution in [0.4, 0.5) is 20.2 Å². The lowest BCUT2D eigenvalue weighted by molar-refractivity contribution is 0.102. The Morgan fingerprint density at radius 2 is 2.11 bits per heavy atom. The van der Waals surface area contributed by atoms with E-state index in [-0.39, 0.29) is 22.7 Å². The van der Waals surface area contributed by atoms with Gasteiger partial charge in [-0.3, -0.25) is 13.9 Å². The molecule has 13 heteroatoms. The van der Waals surface area contributed by atoms with Crippen LogP contribution in [0.25, 0.3) is 10.2 Å². The third-order valence-corrected chi connectivity index (χ3v) is 5.94. The van der Waals surface area contributed by atoms with Crippen molar-refractivity contribution in [3.63, 3.8) is 0 Å². The molecule has 0 saturated carbocycles. The fourth-order valence-electron chi connectivity index (χ4n) is 2.23. The summed E-state index contributed by atoms with van der Waals surface area (Å²) in [6, 6.07) is 2.32. The highest BCUT2D eigenvalue weighted by Crippen LogP contribution is 2.32. The van der Waals surface area contributed by atoms with Gasteiger partial charge in [-0.15, -0.1) is 0 Å². The molecule has 28 heavy (non-hydrogen) atoms. The number of carbonyl (C=O) groups excluding carboxylic acids is 1. The maximum atomic E-state index is 14.8. The minimum Gasteiger partial charge on any atom is -0.317 e. The summed E-state index contributed by atoms with van der Waals surface area (Å²) < 4.78 is 57.3. The number of anilines is 2. The summed E-state index contributed by atoms with van der Waals surface area (Å²) in [4.78, 5) is 20.3. The topological polar surface area (TPSA) is 114 Å². The predicted octanol–water partition coefficient (Wildman–Crippen LogP) is 3.23. The molecule has 0 aliphatic rings. The Kier molecular flexibility index (Phi) is 6.01. The van der Waals surface area contributed by atoms with E-state index in [2.05, 4.69) is 19.7 Å². The van der Waals surface area contributed by atoms with Crippen LogP contribution in [0.5, 0.6) is 0 Å². The Balaban J connectivity index is 1.89. The van der Waals surface area contributed by atoms with E-state index < -0.39 is 45.5 Å². The van der Waals surface area contributed by atoms with Gasteiger partial charge in [0.2, 0.25) is 10.0 Å². The number of hydrogen-bond acceptors (Lipinski definition) is 7. The van der Waals surface area contributed by atoms with E-state index in [0.717, 1.165) is 17.6 Å². The van der Waals surface area contributed by atoms with Crippen LogP contribution in [0.3, 0.4) is 0 Å². The molecule has 2 N–H and O–H groups in total. The minimum absolute atomic E-state index is 0.0493. The van der Waals surface area contributed by atoms with Crippen molar-refractivity contribution in [1.82, 2.24) is 14.3 Å². The average molecular weight is 448 g/mol. The van der Waals surface area contributed by atoms with E-state index in [1.807, 2.05) is 4.72 Å². The second-order valence-electron chi connectivity index (χ2n) is 5.47. The van der Waals surface area contributed by atoms with E-state index >= 15 is 0 Å². The van der Waals surface area contributed by atoms with Crippen molar-refractivity contribution < 1.29 is 22.0 Å². The van der Waals surface area contributed by atoms with Crippen LogP contribution in [0.15, 0.2) is 24.7 Å². The molecule has 3 aromatic rings. The maximum absolute atomic E-state index is 14.8. The number of carbonyl (C=O) groups is 1. The molecule has 1 amide bonds. The van der Waals surface area contributed by atoms with Gasteiger partial charge in [-0.25, -0.2) is 22.8 Å². The molecule has 0 unspecified atom stereocenters. The van der Waals surface area contributed by atoms with Crippen molar-refractivity contribution >= 4 is 60.7 Å². The van der Waals surface area contributed by atoms with Crippen LogP contribution >= 0.6 is 23.1 Å². The largest absolute Gasteiger partial charge is 0.317 e. The molecule has 0 spiro atoms. The molecule has 0 aliphatic carbocycles. The van der Waals surface area contributed by atoms with Crippen molar-refractivity contribution in [2.24, 2.45) is 0 Å². The molecule has 0 fully saturated rings. The normalized spacial score (nSPS) is 11.5. The standard InChI is InChI=1S/C15H12ClF2N5O3S2/c16-8-2-3-9(23-28(25,26)5-1-4-17)11(18)12(8)21-15(24)14-13-10(27-22-14)6-19-7-20-13/h2-3,6-7,23H,1,4-5H2,(H,21,24). The van der Waals surface area contributed by atoms with Gasteiger partial charge in [0.05, 0.1) is 33.5 Å². The Hall–Kier alpha value is -2.44. The highest BCUT2D eigenvalue weighted by atomic mass is 35.5. The van der Waals surface area contributed by atoms with Crippen molar-refractivity contribution in [2.45, 2.75) is 6.42 Å². The van der Waals surface area contributed by atoms with Gasteiger partial charge in [0.25, 0.3) is 5.91 Å². The van der Waals surface area contributed by atoms with E-state index in [1.54, 1.807) is 0 Å². The molecule has 3 rings (SSSR count). The number of alkyl halides is 1. The number of fused-ring (bicyclic) bond motifs is 1. The number of rotatable bonds is 7. The Morgan fingerprint density at radius 1 is 1.32 bits per heavy atom. The van der Waals surface area contributed by atoms with E-state index in [1.165, 1.54) is 18.6 Å². The molecule has 0 saturated heterocycles. The molecule has 148 valence electrons. The summed E-state index contributed by atoms with van der Waals surface area (Å²) in [7, 11) is -3.96. The third kappa shape index (κ3) is 4.34. The monoisotopic (exact) mass is 447 g/mol. The lowest BCUT2D eigenvalue weighted by atomic mass is 10.2. The van der Waals surface area contributed by atoms with E-state index in [4.69, 9.17) is 11.6 Å². The fourth-order valence-corrected chi connectivity index (χ4v) is 4.21. The molecule has 0 atom stereocenters. The van der Waals surface area contributed by atoms with E-state index in [9.17, 15) is 22.0 Å². The zero-order valence-corrected chi connectivity index (χ0v) is 16.3. The van der Waals surface area contributed by atoms with Crippen LogP contribution in [-0.4, -0.2) is 41.1 Å². The zero-order chi connectivity index (χ0) is 20.3. The summed E-state index contributed by atoms with van der Waals surface area (Å²) >= 11 is 6.95. The molecule has 0 bridgehead atoms. The number of sulfonamides is 1. The first kappa shape index (κ1) is 20.3. The van der Waals surface area contributed by atoms with Crippen LogP contribution in [-0.2, 0) is 10.0 Å². The quantitative estimate of drug-likeness (QED) is 0.574. The van der Waals surface area contributed by atoms with Crippen LogP contribution in [0, 0.1) is 5.82 Å². The van der Waals surface area contributed by atoms with Gasteiger partial charge in [-0.05, 0) is 30.1 Å². The number of nitrogens with one attached hydrogen (secondary N) is 2. The molecule has 0 radical (unpaired) electrons. The van der Waals surface area contributed by atoms with Gasteiger partial charge in [0.15, 0.2) is 11.5 Å². The summed E-state index contributed by atoms with van der Waals surface area (Å²) in [6.07, 6.45) is 2.50. The van der Waals surface area contributed by atoms with Gasteiger partial charge in [0.1, 0.15) is 11.8 Å². The van der Waals surface area contributed by atoms with E-state index in [0.29, 0.717) is 4.70 Å². The smallest absolute Gasteiger partial charge is 0.277 e. The summed E-state index contributed by atoms with van der Waals surface area (Å²) in [5.41, 5.74) is -0.611. The number of nitrogens with zero attached hydrogens (tertiary/aromatic N) is 3. The first-order valence-corrected chi connectivity index (χ1v) is 10.5. The predicted molar refractivity (Wildman–Crippen MR) is 103 cm³/mol. The second-order valence-corrected chi connectivity index (χ2v) is 8.52.